The van der Waals surface area contributed by atoms with E-state index in [1.807, 2.05) is 39.8 Å². The van der Waals surface area contributed by atoms with Crippen molar-refractivity contribution in [1.29, 1.82) is 0 Å². The van der Waals surface area contributed by atoms with Crippen molar-refractivity contribution < 1.29 is 23.7 Å². The molecule has 0 bridgehead atoms. The van der Waals surface area contributed by atoms with Gasteiger partial charge in [0, 0.05) is 6.61 Å². The van der Waals surface area contributed by atoms with Crippen molar-refractivity contribution in [3.05, 3.63) is 17.2 Å². The van der Waals surface area contributed by atoms with Crippen molar-refractivity contribution in [2.75, 3.05) is 27.9 Å². The van der Waals surface area contributed by atoms with Crippen LogP contribution in [0, 0.1) is 0 Å². The summed E-state index contributed by atoms with van der Waals surface area (Å²) in [5.41, 5.74) is 1.23. The molecule has 1 aromatic carbocycles. The molecule has 23 heavy (non-hydrogen) atoms. The number of ether oxygens (including phenoxy) is 5. The van der Waals surface area contributed by atoms with E-state index in [0.29, 0.717) is 29.6 Å². The Labute approximate surface area is 138 Å². The van der Waals surface area contributed by atoms with E-state index in [1.54, 1.807) is 21.3 Å². The Bertz CT molecular complexity index is 604. The van der Waals surface area contributed by atoms with Gasteiger partial charge in [-0.1, -0.05) is 0 Å². The Morgan fingerprint density at radius 1 is 1.04 bits per heavy atom. The molecular weight excluding hydrogens is 296 g/mol. The van der Waals surface area contributed by atoms with Gasteiger partial charge < -0.3 is 23.7 Å². The second-order valence-corrected chi connectivity index (χ2v) is 5.89. The Hall–Kier alpha value is -1.88. The Morgan fingerprint density at radius 3 is 2.17 bits per heavy atom. The molecule has 0 aromatic heterocycles. The summed E-state index contributed by atoms with van der Waals surface area (Å²) in [6, 6.07) is 0. The highest BCUT2D eigenvalue weighted by Gasteiger charge is 2.34. The molecule has 0 saturated heterocycles. The van der Waals surface area contributed by atoms with Gasteiger partial charge in [-0.15, -0.1) is 0 Å². The molecule has 0 radical (unpaired) electrons. The SMILES string of the molecule is CCO[C@H](C)c1c(OC)c2c(c(OC)c1OC)OC(C)(C)C=C2. The third-order valence-corrected chi connectivity index (χ3v) is 3.84. The molecule has 0 fully saturated rings. The summed E-state index contributed by atoms with van der Waals surface area (Å²) in [6.07, 6.45) is 3.80. The van der Waals surface area contributed by atoms with Crippen molar-refractivity contribution in [2.45, 2.75) is 39.4 Å². The first-order valence-electron chi connectivity index (χ1n) is 7.75. The number of rotatable bonds is 6. The lowest BCUT2D eigenvalue weighted by Gasteiger charge is -2.32. The van der Waals surface area contributed by atoms with Crippen LogP contribution in [0.2, 0.25) is 0 Å². The molecule has 1 aromatic rings. The van der Waals surface area contributed by atoms with Crippen LogP contribution in [0.15, 0.2) is 6.08 Å². The summed E-state index contributed by atoms with van der Waals surface area (Å²) in [5, 5.41) is 0. The molecule has 5 heteroatoms. The molecule has 1 aliphatic heterocycles. The van der Waals surface area contributed by atoms with Crippen LogP contribution in [0.25, 0.3) is 6.08 Å². The largest absolute Gasteiger partial charge is 0.495 e. The van der Waals surface area contributed by atoms with Gasteiger partial charge in [0.15, 0.2) is 11.5 Å². The number of fused-ring (bicyclic) bond motifs is 1. The highest BCUT2D eigenvalue weighted by molar-refractivity contribution is 5.77. The Balaban J connectivity index is 2.78. The lowest BCUT2D eigenvalue weighted by atomic mass is 9.96. The first-order chi connectivity index (χ1) is 10.9. The minimum absolute atomic E-state index is 0.201. The topological polar surface area (TPSA) is 46.2 Å². The summed E-state index contributed by atoms with van der Waals surface area (Å²) in [7, 11) is 4.85. The van der Waals surface area contributed by atoms with E-state index < -0.39 is 5.60 Å². The van der Waals surface area contributed by atoms with Crippen LogP contribution in [-0.2, 0) is 4.74 Å². The minimum atomic E-state index is -0.427. The number of benzene rings is 1. The van der Waals surface area contributed by atoms with E-state index >= 15 is 0 Å². The molecule has 2 rings (SSSR count). The third-order valence-electron chi connectivity index (χ3n) is 3.84. The van der Waals surface area contributed by atoms with E-state index in [0.717, 1.165) is 11.1 Å². The van der Waals surface area contributed by atoms with Crippen molar-refractivity contribution in [3.8, 4) is 23.0 Å². The molecule has 0 aliphatic carbocycles. The van der Waals surface area contributed by atoms with Crippen LogP contribution in [0.1, 0.15) is 44.9 Å². The normalized spacial score (nSPS) is 16.3. The van der Waals surface area contributed by atoms with Gasteiger partial charge >= 0.3 is 0 Å². The fourth-order valence-electron chi connectivity index (χ4n) is 2.84. The minimum Gasteiger partial charge on any atom is -0.495 e. The second kappa shape index (κ2) is 6.71. The van der Waals surface area contributed by atoms with E-state index in [4.69, 9.17) is 23.7 Å². The quantitative estimate of drug-likeness (QED) is 0.792. The molecule has 0 spiro atoms. The van der Waals surface area contributed by atoms with Gasteiger partial charge in [0.25, 0.3) is 0 Å². The Kier molecular flexibility index (Phi) is 5.09. The molecule has 0 N–H and O–H groups in total. The smallest absolute Gasteiger partial charge is 0.204 e. The maximum absolute atomic E-state index is 6.11. The number of hydrogen-bond acceptors (Lipinski definition) is 5. The van der Waals surface area contributed by atoms with Gasteiger partial charge in [0.05, 0.1) is 38.6 Å². The zero-order valence-electron chi connectivity index (χ0n) is 15.0. The highest BCUT2D eigenvalue weighted by atomic mass is 16.5. The monoisotopic (exact) mass is 322 g/mol. The zero-order valence-corrected chi connectivity index (χ0v) is 15.0. The summed E-state index contributed by atoms with van der Waals surface area (Å²) in [4.78, 5) is 0. The van der Waals surface area contributed by atoms with Crippen LogP contribution in [0.3, 0.4) is 0 Å². The van der Waals surface area contributed by atoms with Crippen LogP contribution >= 0.6 is 0 Å². The third kappa shape index (κ3) is 3.11. The standard InChI is InChI=1S/C18H26O5/c1-8-22-11(2)13-14(19-5)12-9-10-18(3,4)23-15(12)17(21-7)16(13)20-6/h9-11H,8H2,1-7H3/t11-/m1/s1. The molecule has 5 nitrogen and oxygen atoms in total. The molecular formula is C18H26O5. The van der Waals surface area contributed by atoms with Crippen LogP contribution in [0.4, 0.5) is 0 Å². The van der Waals surface area contributed by atoms with Gasteiger partial charge in [-0.05, 0) is 39.8 Å². The van der Waals surface area contributed by atoms with Crippen molar-refractivity contribution in [2.24, 2.45) is 0 Å². The lowest BCUT2D eigenvalue weighted by molar-refractivity contribution is 0.0716. The van der Waals surface area contributed by atoms with E-state index in [9.17, 15) is 0 Å². The van der Waals surface area contributed by atoms with E-state index in [1.165, 1.54) is 0 Å². The van der Waals surface area contributed by atoms with Gasteiger partial charge in [-0.25, -0.2) is 0 Å². The van der Waals surface area contributed by atoms with Crippen molar-refractivity contribution >= 4 is 6.08 Å². The molecule has 128 valence electrons. The fourth-order valence-corrected chi connectivity index (χ4v) is 2.84. The number of methoxy groups -OCH3 is 3. The predicted molar refractivity (Wildman–Crippen MR) is 89.9 cm³/mol. The first-order valence-corrected chi connectivity index (χ1v) is 7.75. The van der Waals surface area contributed by atoms with Crippen molar-refractivity contribution in [3.63, 3.8) is 0 Å². The molecule has 1 heterocycles. The average molecular weight is 322 g/mol. The average Bonchev–Trinajstić information content (AvgIpc) is 2.51. The van der Waals surface area contributed by atoms with E-state index in [2.05, 4.69) is 0 Å². The Morgan fingerprint density at radius 2 is 1.65 bits per heavy atom. The van der Waals surface area contributed by atoms with Crippen LogP contribution in [0.5, 0.6) is 23.0 Å². The summed E-state index contributed by atoms with van der Waals surface area (Å²) < 4.78 is 28.8. The predicted octanol–water partition coefficient (Wildman–Crippen LogP) is 3.99. The molecule has 1 aliphatic rings. The van der Waals surface area contributed by atoms with Crippen molar-refractivity contribution in [1.82, 2.24) is 0 Å². The lowest BCUT2D eigenvalue weighted by Crippen LogP contribution is -2.28. The molecule has 0 unspecified atom stereocenters. The second-order valence-electron chi connectivity index (χ2n) is 5.89. The summed E-state index contributed by atoms with van der Waals surface area (Å²) >= 11 is 0. The zero-order chi connectivity index (χ0) is 17.2. The summed E-state index contributed by atoms with van der Waals surface area (Å²) in [6.45, 7) is 8.49. The van der Waals surface area contributed by atoms with Crippen LogP contribution < -0.4 is 18.9 Å². The highest BCUT2D eigenvalue weighted by Crippen LogP contribution is 2.54. The maximum atomic E-state index is 6.11. The molecule has 0 amide bonds. The van der Waals surface area contributed by atoms with Gasteiger partial charge in [-0.3, -0.25) is 0 Å². The van der Waals surface area contributed by atoms with Crippen LogP contribution in [-0.4, -0.2) is 33.5 Å². The maximum Gasteiger partial charge on any atom is 0.204 e. The molecule has 1 atom stereocenters. The fraction of sp³-hybridized carbons (Fsp3) is 0.556. The van der Waals surface area contributed by atoms with E-state index in [-0.39, 0.29) is 6.10 Å². The molecule has 0 saturated carbocycles. The first kappa shape index (κ1) is 17.5. The van der Waals surface area contributed by atoms with Gasteiger partial charge in [-0.2, -0.15) is 0 Å². The summed E-state index contributed by atoms with van der Waals surface area (Å²) in [5.74, 6) is 2.45. The van der Waals surface area contributed by atoms with Gasteiger partial charge in [0.2, 0.25) is 5.75 Å². The van der Waals surface area contributed by atoms with Gasteiger partial charge in [0.1, 0.15) is 11.4 Å². The number of hydrogen-bond donors (Lipinski definition) is 0.